The Bertz CT molecular complexity index is 984. The van der Waals surface area contributed by atoms with Crippen LogP contribution >= 0.6 is 0 Å². The Morgan fingerprint density at radius 1 is 0.576 bits per heavy atom. The molecule has 1 unspecified atom stereocenters. The minimum atomic E-state index is -7.29. The van der Waals surface area contributed by atoms with E-state index in [0.29, 0.717) is 18.1 Å². The molecule has 2 aromatic carbocycles. The number of aliphatic hydroxyl groups is 1. The maximum atomic E-state index is 15.0. The largest absolute Gasteiger partial charge is 0.385 e. The normalized spacial score (nSPS) is 25.7. The Balaban J connectivity index is 2.07. The van der Waals surface area contributed by atoms with Crippen LogP contribution in [0.2, 0.25) is 0 Å². The summed E-state index contributed by atoms with van der Waals surface area (Å²) in [6, 6.07) is 12.6. The Hall–Kier alpha value is -2.37. The van der Waals surface area contributed by atoms with E-state index < -0.39 is 52.9 Å². The zero-order valence-electron chi connectivity index (χ0n) is 16.5. The summed E-state index contributed by atoms with van der Waals surface area (Å²) in [5.74, 6) is -35.7. The van der Waals surface area contributed by atoms with Crippen molar-refractivity contribution in [2.24, 2.45) is 0 Å². The second kappa shape index (κ2) is 7.07. The van der Waals surface area contributed by atoms with Gasteiger partial charge in [-0.2, -0.15) is 43.9 Å². The molecule has 0 spiro atoms. The van der Waals surface area contributed by atoms with Crippen LogP contribution in [0, 0.1) is 0 Å². The third-order valence-electron chi connectivity index (χ3n) is 5.77. The first-order chi connectivity index (χ1) is 14.8. The van der Waals surface area contributed by atoms with Gasteiger partial charge in [0.05, 0.1) is 5.60 Å². The molecule has 0 saturated heterocycles. The van der Waals surface area contributed by atoms with Crippen LogP contribution in [-0.2, 0) is 5.60 Å². The van der Waals surface area contributed by atoms with Crippen LogP contribution in [-0.4, -0.2) is 40.4 Å². The molecule has 0 aromatic heterocycles. The predicted molar refractivity (Wildman–Crippen MR) is 94.6 cm³/mol. The van der Waals surface area contributed by atoms with Gasteiger partial charge < -0.3 is 5.11 Å². The molecule has 0 amide bonds. The van der Waals surface area contributed by atoms with Crippen LogP contribution in [0.5, 0.6) is 0 Å². The third kappa shape index (κ3) is 3.08. The Labute approximate surface area is 179 Å². The van der Waals surface area contributed by atoms with Gasteiger partial charge >= 0.3 is 29.6 Å². The number of rotatable bonds is 4. The van der Waals surface area contributed by atoms with Crippen molar-refractivity contribution in [1.82, 2.24) is 0 Å². The molecule has 1 saturated carbocycles. The molecule has 1 atom stereocenters. The summed E-state index contributed by atoms with van der Waals surface area (Å²) < 4.78 is 153. The minimum absolute atomic E-state index is 0.432. The summed E-state index contributed by atoms with van der Waals surface area (Å²) >= 11 is 0. The van der Waals surface area contributed by atoms with E-state index in [4.69, 9.17) is 0 Å². The first kappa shape index (κ1) is 25.3. The van der Waals surface area contributed by atoms with Gasteiger partial charge in [0.25, 0.3) is 5.67 Å². The molecule has 2 aromatic rings. The Morgan fingerprint density at radius 3 is 1.36 bits per heavy atom. The van der Waals surface area contributed by atoms with Crippen molar-refractivity contribution < 1.29 is 53.4 Å². The van der Waals surface area contributed by atoms with Gasteiger partial charge in [0, 0.05) is 6.42 Å². The van der Waals surface area contributed by atoms with E-state index in [-0.39, 0.29) is 0 Å². The number of halogens is 11. The maximum Gasteiger partial charge on any atom is 0.384 e. The summed E-state index contributed by atoms with van der Waals surface area (Å²) in [5.41, 5.74) is -8.95. The highest BCUT2D eigenvalue weighted by Crippen LogP contribution is 2.71. The fourth-order valence-electron chi connectivity index (χ4n) is 3.74. The Morgan fingerprint density at radius 2 is 0.939 bits per heavy atom. The van der Waals surface area contributed by atoms with E-state index in [1.54, 1.807) is 30.3 Å². The van der Waals surface area contributed by atoms with Gasteiger partial charge in [-0.05, 0) is 23.6 Å². The van der Waals surface area contributed by atoms with Crippen LogP contribution in [0.15, 0.2) is 54.6 Å². The SMILES string of the molecule is CC(O)(CC1(F)C(F)(F)C(F)(F)C(F)(F)C(F)(F)C1(F)F)c1ccc(-c2ccccc2)cc1. The second-order valence-electron chi connectivity index (χ2n) is 8.07. The van der Waals surface area contributed by atoms with E-state index >= 15 is 4.39 Å². The van der Waals surface area contributed by atoms with E-state index in [1.807, 2.05) is 0 Å². The summed E-state index contributed by atoms with van der Waals surface area (Å²) in [5, 5.41) is 10.4. The molecule has 1 fully saturated rings. The zero-order valence-corrected chi connectivity index (χ0v) is 16.5. The topological polar surface area (TPSA) is 20.2 Å². The molecule has 0 aliphatic heterocycles. The monoisotopic (exact) mass is 492 g/mol. The van der Waals surface area contributed by atoms with E-state index in [9.17, 15) is 49.0 Å². The average molecular weight is 492 g/mol. The van der Waals surface area contributed by atoms with E-state index in [1.165, 1.54) is 12.1 Å². The molecule has 1 aliphatic rings. The molecule has 182 valence electrons. The average Bonchev–Trinajstić information content (AvgIpc) is 2.72. The van der Waals surface area contributed by atoms with Gasteiger partial charge in [-0.1, -0.05) is 54.6 Å². The first-order valence-electron chi connectivity index (χ1n) is 9.24. The zero-order chi connectivity index (χ0) is 25.3. The highest BCUT2D eigenvalue weighted by molar-refractivity contribution is 5.63. The summed E-state index contributed by atoms with van der Waals surface area (Å²) in [6.07, 6.45) is -2.74. The first-order valence-corrected chi connectivity index (χ1v) is 9.24. The summed E-state index contributed by atoms with van der Waals surface area (Å²) in [4.78, 5) is 0. The van der Waals surface area contributed by atoms with Crippen molar-refractivity contribution in [2.75, 3.05) is 0 Å². The minimum Gasteiger partial charge on any atom is -0.385 e. The summed E-state index contributed by atoms with van der Waals surface area (Å²) in [6.45, 7) is 0.432. The lowest BCUT2D eigenvalue weighted by Crippen LogP contribution is -2.84. The van der Waals surface area contributed by atoms with Gasteiger partial charge in [0.15, 0.2) is 0 Å². The smallest absolute Gasteiger partial charge is 0.384 e. The standard InChI is InChI=1S/C21H15F11O/c1-15(33,14-9-7-13(8-10-14)12-5-3-2-4-6-12)11-16(22)17(23,24)19(27,28)21(31,32)20(29,30)18(16,25)26/h2-10,33H,11H2,1H3. The fraction of sp³-hybridized carbons (Fsp3) is 0.429. The highest BCUT2D eigenvalue weighted by atomic mass is 19.4. The van der Waals surface area contributed by atoms with Gasteiger partial charge in [-0.3, -0.25) is 0 Å². The lowest BCUT2D eigenvalue weighted by atomic mass is 9.67. The van der Waals surface area contributed by atoms with Crippen molar-refractivity contribution in [3.05, 3.63) is 60.2 Å². The predicted octanol–water partition coefficient (Wildman–Crippen LogP) is 6.85. The molecule has 1 nitrogen and oxygen atoms in total. The molecule has 0 radical (unpaired) electrons. The molecule has 0 bridgehead atoms. The van der Waals surface area contributed by atoms with Gasteiger partial charge in [0.1, 0.15) is 0 Å². The summed E-state index contributed by atoms with van der Waals surface area (Å²) in [7, 11) is 0. The van der Waals surface area contributed by atoms with Crippen molar-refractivity contribution in [3.63, 3.8) is 0 Å². The molecule has 1 aliphatic carbocycles. The quantitative estimate of drug-likeness (QED) is 0.463. The van der Waals surface area contributed by atoms with Crippen LogP contribution in [0.1, 0.15) is 18.9 Å². The van der Waals surface area contributed by atoms with Gasteiger partial charge in [-0.25, -0.2) is 4.39 Å². The number of hydrogen-bond donors (Lipinski definition) is 1. The molecule has 0 heterocycles. The van der Waals surface area contributed by atoms with Gasteiger partial charge in [0.2, 0.25) is 0 Å². The van der Waals surface area contributed by atoms with Crippen LogP contribution in [0.4, 0.5) is 48.3 Å². The van der Waals surface area contributed by atoms with Crippen LogP contribution < -0.4 is 0 Å². The second-order valence-corrected chi connectivity index (χ2v) is 8.07. The Kier molecular flexibility index (Phi) is 5.41. The van der Waals surface area contributed by atoms with Crippen molar-refractivity contribution >= 4 is 0 Å². The lowest BCUT2D eigenvalue weighted by molar-refractivity contribution is -0.488. The van der Waals surface area contributed by atoms with Gasteiger partial charge in [-0.15, -0.1) is 0 Å². The van der Waals surface area contributed by atoms with Crippen LogP contribution in [0.3, 0.4) is 0 Å². The van der Waals surface area contributed by atoms with Crippen molar-refractivity contribution in [2.45, 2.75) is 54.2 Å². The lowest BCUT2D eigenvalue weighted by Gasteiger charge is -2.53. The maximum absolute atomic E-state index is 15.0. The number of benzene rings is 2. The van der Waals surface area contributed by atoms with Crippen molar-refractivity contribution in [3.8, 4) is 11.1 Å². The van der Waals surface area contributed by atoms with E-state index in [0.717, 1.165) is 12.1 Å². The van der Waals surface area contributed by atoms with Crippen molar-refractivity contribution in [1.29, 1.82) is 0 Å². The molecule has 1 N–H and O–H groups in total. The molecule has 33 heavy (non-hydrogen) atoms. The highest BCUT2D eigenvalue weighted by Gasteiger charge is 3.01. The molecular weight excluding hydrogens is 477 g/mol. The van der Waals surface area contributed by atoms with Crippen LogP contribution in [0.25, 0.3) is 11.1 Å². The number of alkyl halides is 11. The fourth-order valence-corrected chi connectivity index (χ4v) is 3.74. The van der Waals surface area contributed by atoms with E-state index in [2.05, 4.69) is 0 Å². The molecule has 3 rings (SSSR count). The number of hydrogen-bond acceptors (Lipinski definition) is 1. The molecule has 12 heteroatoms. The molecular formula is C21H15F11O. The third-order valence-corrected chi connectivity index (χ3v) is 5.77.